The maximum absolute atomic E-state index is 13.0. The number of aliphatic hydroxyl groups is 1. The lowest BCUT2D eigenvalue weighted by Gasteiger charge is -2.21. The van der Waals surface area contributed by atoms with Gasteiger partial charge in [0.1, 0.15) is 15.9 Å². The van der Waals surface area contributed by atoms with Crippen LogP contribution in [0.25, 0.3) is 11.1 Å². The van der Waals surface area contributed by atoms with Gasteiger partial charge in [0.05, 0.1) is 18.8 Å². The Morgan fingerprint density at radius 1 is 1.45 bits per heavy atom. The monoisotopic (exact) mass is 455 g/mol. The SMILES string of the molecule is CCN(CCOC)c1sc(C(=O)NC(C)CO)c(-c2ccc(Cl)cc2Cl)c1C#N. The number of hydrogen-bond acceptors (Lipinski definition) is 6. The summed E-state index contributed by atoms with van der Waals surface area (Å²) in [5.41, 5.74) is 1.39. The molecule has 1 aromatic heterocycles. The number of likely N-dealkylation sites (N-methyl/N-ethyl adjacent to an activating group) is 1. The summed E-state index contributed by atoms with van der Waals surface area (Å²) in [5, 5.41) is 23.5. The number of anilines is 1. The van der Waals surface area contributed by atoms with Crippen LogP contribution in [0.3, 0.4) is 0 Å². The number of ether oxygens (including phenoxy) is 1. The zero-order chi connectivity index (χ0) is 21.6. The Labute approximate surface area is 184 Å². The lowest BCUT2D eigenvalue weighted by atomic mass is 10.0. The van der Waals surface area contributed by atoms with Crippen LogP contribution in [0.2, 0.25) is 10.0 Å². The zero-order valence-electron chi connectivity index (χ0n) is 16.5. The standard InChI is InChI=1S/C20H23Cl2N3O3S/c1-4-25(7-8-28-3)20-15(10-23)17(14-6-5-13(21)9-16(14)22)18(29-20)19(27)24-12(2)11-26/h5-6,9,12,26H,4,7-8,11H2,1-3H3,(H,24,27). The first-order chi connectivity index (χ1) is 13.9. The number of aliphatic hydroxyl groups excluding tert-OH is 1. The van der Waals surface area contributed by atoms with E-state index in [1.165, 1.54) is 11.3 Å². The third-order valence-corrected chi connectivity index (χ3v) is 6.09. The summed E-state index contributed by atoms with van der Waals surface area (Å²) in [4.78, 5) is 15.3. The van der Waals surface area contributed by atoms with Crippen LogP contribution in [0.5, 0.6) is 0 Å². The molecule has 156 valence electrons. The van der Waals surface area contributed by atoms with Gasteiger partial charge in [0.15, 0.2) is 0 Å². The summed E-state index contributed by atoms with van der Waals surface area (Å²) in [6.07, 6.45) is 0. The van der Waals surface area contributed by atoms with Crippen molar-refractivity contribution < 1.29 is 14.6 Å². The zero-order valence-corrected chi connectivity index (χ0v) is 18.8. The van der Waals surface area contributed by atoms with Gasteiger partial charge in [-0.3, -0.25) is 4.79 Å². The van der Waals surface area contributed by atoms with E-state index >= 15 is 0 Å². The Morgan fingerprint density at radius 2 is 2.17 bits per heavy atom. The molecule has 1 unspecified atom stereocenters. The van der Waals surface area contributed by atoms with Gasteiger partial charge >= 0.3 is 0 Å². The molecule has 2 aromatic rings. The van der Waals surface area contributed by atoms with E-state index < -0.39 is 6.04 Å². The molecule has 0 radical (unpaired) electrons. The van der Waals surface area contributed by atoms with E-state index in [1.807, 2.05) is 11.8 Å². The average Bonchev–Trinajstić information content (AvgIpc) is 3.07. The van der Waals surface area contributed by atoms with Gasteiger partial charge in [-0.05, 0) is 26.0 Å². The minimum absolute atomic E-state index is 0.193. The number of nitriles is 1. The first kappa shape index (κ1) is 23.5. The third kappa shape index (κ3) is 5.41. The molecular formula is C20H23Cl2N3O3S. The van der Waals surface area contributed by atoms with Crippen molar-refractivity contribution in [2.75, 3.05) is 38.3 Å². The van der Waals surface area contributed by atoms with Crippen LogP contribution in [-0.2, 0) is 4.74 Å². The van der Waals surface area contributed by atoms with E-state index in [9.17, 15) is 15.2 Å². The molecule has 2 N–H and O–H groups in total. The second-order valence-electron chi connectivity index (χ2n) is 6.35. The molecule has 0 aliphatic carbocycles. The molecule has 0 aliphatic heterocycles. The van der Waals surface area contributed by atoms with Gasteiger partial charge in [0.25, 0.3) is 5.91 Å². The van der Waals surface area contributed by atoms with Crippen LogP contribution >= 0.6 is 34.5 Å². The van der Waals surface area contributed by atoms with Crippen molar-refractivity contribution in [2.24, 2.45) is 0 Å². The highest BCUT2D eigenvalue weighted by molar-refractivity contribution is 7.19. The number of carbonyl (C=O) groups is 1. The van der Waals surface area contributed by atoms with Crippen LogP contribution in [0, 0.1) is 11.3 Å². The largest absolute Gasteiger partial charge is 0.394 e. The number of benzene rings is 1. The molecule has 0 bridgehead atoms. The number of hydrogen-bond donors (Lipinski definition) is 2. The number of carbonyl (C=O) groups excluding carboxylic acids is 1. The summed E-state index contributed by atoms with van der Waals surface area (Å²) in [6.45, 7) is 5.17. The lowest BCUT2D eigenvalue weighted by Crippen LogP contribution is -2.34. The predicted octanol–water partition coefficient (Wildman–Crippen LogP) is 4.18. The maximum Gasteiger partial charge on any atom is 0.262 e. The molecular weight excluding hydrogens is 433 g/mol. The molecule has 0 saturated carbocycles. The van der Waals surface area contributed by atoms with E-state index in [2.05, 4.69) is 11.4 Å². The Balaban J connectivity index is 2.70. The summed E-state index contributed by atoms with van der Waals surface area (Å²) < 4.78 is 5.17. The van der Waals surface area contributed by atoms with E-state index in [1.54, 1.807) is 32.2 Å². The first-order valence-corrected chi connectivity index (χ1v) is 10.6. The molecule has 29 heavy (non-hydrogen) atoms. The number of rotatable bonds is 9. The highest BCUT2D eigenvalue weighted by Crippen LogP contribution is 2.44. The van der Waals surface area contributed by atoms with Crippen molar-refractivity contribution in [2.45, 2.75) is 19.9 Å². The highest BCUT2D eigenvalue weighted by atomic mass is 35.5. The van der Waals surface area contributed by atoms with Gasteiger partial charge < -0.3 is 20.1 Å². The van der Waals surface area contributed by atoms with E-state index in [-0.39, 0.29) is 12.5 Å². The Bertz CT molecular complexity index is 911. The van der Waals surface area contributed by atoms with Crippen molar-refractivity contribution in [3.8, 4) is 17.2 Å². The number of halogens is 2. The molecule has 1 amide bonds. The van der Waals surface area contributed by atoms with Crippen molar-refractivity contribution in [1.29, 1.82) is 5.26 Å². The lowest BCUT2D eigenvalue weighted by molar-refractivity contribution is 0.0927. The predicted molar refractivity (Wildman–Crippen MR) is 118 cm³/mol. The molecule has 9 heteroatoms. The van der Waals surface area contributed by atoms with Crippen LogP contribution in [0.1, 0.15) is 29.1 Å². The number of thiophene rings is 1. The summed E-state index contributed by atoms with van der Waals surface area (Å²) in [5.74, 6) is -0.372. The van der Waals surface area contributed by atoms with Crippen LogP contribution in [0.15, 0.2) is 18.2 Å². The fourth-order valence-electron chi connectivity index (χ4n) is 2.79. The molecule has 0 aliphatic rings. The van der Waals surface area contributed by atoms with Gasteiger partial charge in [-0.2, -0.15) is 5.26 Å². The summed E-state index contributed by atoms with van der Waals surface area (Å²) in [7, 11) is 1.61. The fourth-order valence-corrected chi connectivity index (χ4v) is 4.56. The van der Waals surface area contributed by atoms with Crippen molar-refractivity contribution >= 4 is 45.4 Å². The second-order valence-corrected chi connectivity index (χ2v) is 8.19. The molecule has 1 atom stereocenters. The number of methoxy groups -OCH3 is 1. The van der Waals surface area contributed by atoms with E-state index in [0.717, 1.165) is 0 Å². The highest BCUT2D eigenvalue weighted by Gasteiger charge is 2.28. The molecule has 0 spiro atoms. The Kier molecular flexibility index (Phi) is 8.75. The Hall–Kier alpha value is -1.82. The topological polar surface area (TPSA) is 85.6 Å². The number of nitrogens with one attached hydrogen (secondary N) is 1. The summed E-state index contributed by atoms with van der Waals surface area (Å²) in [6, 6.07) is 6.77. The van der Waals surface area contributed by atoms with Crippen LogP contribution < -0.4 is 10.2 Å². The Morgan fingerprint density at radius 3 is 2.72 bits per heavy atom. The molecule has 0 fully saturated rings. The molecule has 0 saturated heterocycles. The normalized spacial score (nSPS) is 11.8. The smallest absolute Gasteiger partial charge is 0.262 e. The molecule has 2 rings (SSSR count). The number of amides is 1. The maximum atomic E-state index is 13.0. The fraction of sp³-hybridized carbons (Fsp3) is 0.400. The van der Waals surface area contributed by atoms with Gasteiger partial charge in [0, 0.05) is 47.4 Å². The van der Waals surface area contributed by atoms with Crippen LogP contribution in [-0.4, -0.2) is 50.5 Å². The molecule has 1 heterocycles. The number of nitrogens with zero attached hydrogens (tertiary/aromatic N) is 2. The van der Waals surface area contributed by atoms with E-state index in [4.69, 9.17) is 27.9 Å². The van der Waals surface area contributed by atoms with Crippen molar-refractivity contribution in [1.82, 2.24) is 5.32 Å². The quantitative estimate of drug-likeness (QED) is 0.592. The second kappa shape index (κ2) is 10.8. The van der Waals surface area contributed by atoms with Gasteiger partial charge in [-0.25, -0.2) is 0 Å². The van der Waals surface area contributed by atoms with Gasteiger partial charge in [-0.1, -0.05) is 29.3 Å². The average molecular weight is 456 g/mol. The van der Waals surface area contributed by atoms with Crippen LogP contribution in [0.4, 0.5) is 5.00 Å². The minimum Gasteiger partial charge on any atom is -0.394 e. The van der Waals surface area contributed by atoms with Crippen molar-refractivity contribution in [3.05, 3.63) is 38.7 Å². The minimum atomic E-state index is -0.428. The molecule has 1 aromatic carbocycles. The first-order valence-electron chi connectivity index (χ1n) is 9.05. The van der Waals surface area contributed by atoms with Gasteiger partial charge in [0.2, 0.25) is 0 Å². The third-order valence-electron chi connectivity index (χ3n) is 4.29. The van der Waals surface area contributed by atoms with E-state index in [0.29, 0.717) is 56.3 Å². The molecule has 6 nitrogen and oxygen atoms in total. The summed E-state index contributed by atoms with van der Waals surface area (Å²) >= 11 is 13.7. The van der Waals surface area contributed by atoms with Crippen molar-refractivity contribution in [3.63, 3.8) is 0 Å². The van der Waals surface area contributed by atoms with Gasteiger partial charge in [-0.15, -0.1) is 11.3 Å².